The Kier molecular flexibility index (Phi) is 8.10. The molecule has 1 rings (SSSR count). The van der Waals surface area contributed by atoms with Gasteiger partial charge in [-0.1, -0.05) is 48.7 Å². The first-order chi connectivity index (χ1) is 9.15. The average molecular weight is 330 g/mol. The molecule has 0 spiro atoms. The summed E-state index contributed by atoms with van der Waals surface area (Å²) in [6.07, 6.45) is 1.87. The zero-order valence-electron chi connectivity index (χ0n) is 11.7. The number of hydrogen-bond donors (Lipinski definition) is 2. The highest BCUT2D eigenvalue weighted by Gasteiger charge is 2.07. The molecule has 1 aromatic rings. The van der Waals surface area contributed by atoms with Gasteiger partial charge in [0, 0.05) is 11.0 Å². The van der Waals surface area contributed by atoms with Crippen LogP contribution in [0.1, 0.15) is 26.7 Å². The Morgan fingerprint density at radius 2 is 2.00 bits per heavy atom. The minimum atomic E-state index is -0.478. The van der Waals surface area contributed by atoms with Gasteiger partial charge in [-0.25, -0.2) is 0 Å². The summed E-state index contributed by atoms with van der Waals surface area (Å²) in [6, 6.07) is 7.64. The summed E-state index contributed by atoms with van der Waals surface area (Å²) in [5.41, 5.74) is 0. The summed E-state index contributed by atoms with van der Waals surface area (Å²) in [5, 5.41) is 13.1. The van der Waals surface area contributed by atoms with Gasteiger partial charge in [0.1, 0.15) is 18.5 Å². The molecule has 0 radical (unpaired) electrons. The lowest BCUT2D eigenvalue weighted by atomic mass is 10.0. The molecule has 108 valence electrons. The van der Waals surface area contributed by atoms with Gasteiger partial charge in [-0.15, -0.1) is 0 Å². The predicted molar refractivity (Wildman–Crippen MR) is 82.6 cm³/mol. The van der Waals surface area contributed by atoms with Crippen LogP contribution in [0.4, 0.5) is 0 Å². The molecule has 1 unspecified atom stereocenters. The van der Waals surface area contributed by atoms with E-state index in [1.165, 1.54) is 12.8 Å². The number of ether oxygens (including phenoxy) is 1. The van der Waals surface area contributed by atoms with E-state index in [0.717, 1.165) is 16.8 Å². The SMILES string of the molecule is CCC(CC)CNCC(O)COc1cccc(Br)c1. The van der Waals surface area contributed by atoms with Gasteiger partial charge in [0.2, 0.25) is 0 Å². The number of hydrogen-bond acceptors (Lipinski definition) is 3. The van der Waals surface area contributed by atoms with Crippen molar-refractivity contribution < 1.29 is 9.84 Å². The van der Waals surface area contributed by atoms with Crippen molar-refractivity contribution in [2.45, 2.75) is 32.8 Å². The minimum Gasteiger partial charge on any atom is -0.491 e. The van der Waals surface area contributed by atoms with Crippen LogP contribution in [0.15, 0.2) is 28.7 Å². The molecule has 0 heterocycles. The van der Waals surface area contributed by atoms with Crippen molar-refractivity contribution in [3.63, 3.8) is 0 Å². The molecule has 0 aromatic heterocycles. The third-order valence-electron chi connectivity index (χ3n) is 3.21. The lowest BCUT2D eigenvalue weighted by Gasteiger charge is -2.16. The topological polar surface area (TPSA) is 41.5 Å². The summed E-state index contributed by atoms with van der Waals surface area (Å²) in [5.74, 6) is 1.46. The second kappa shape index (κ2) is 9.34. The van der Waals surface area contributed by atoms with Crippen LogP contribution in [0.3, 0.4) is 0 Å². The van der Waals surface area contributed by atoms with Crippen molar-refractivity contribution in [1.82, 2.24) is 5.32 Å². The summed E-state index contributed by atoms with van der Waals surface area (Å²) in [6.45, 7) is 6.24. The number of aliphatic hydroxyl groups excluding tert-OH is 1. The van der Waals surface area contributed by atoms with Crippen LogP contribution in [0.5, 0.6) is 5.75 Å². The zero-order chi connectivity index (χ0) is 14.1. The van der Waals surface area contributed by atoms with Crippen LogP contribution in [-0.2, 0) is 0 Å². The lowest BCUT2D eigenvalue weighted by molar-refractivity contribution is 0.105. The molecule has 2 N–H and O–H groups in total. The average Bonchev–Trinajstić information content (AvgIpc) is 2.41. The third-order valence-corrected chi connectivity index (χ3v) is 3.70. The molecule has 0 aliphatic carbocycles. The Balaban J connectivity index is 2.19. The number of nitrogens with one attached hydrogen (secondary N) is 1. The zero-order valence-corrected chi connectivity index (χ0v) is 13.3. The highest BCUT2D eigenvalue weighted by atomic mass is 79.9. The molecule has 1 atom stereocenters. The summed E-state index contributed by atoms with van der Waals surface area (Å²) < 4.78 is 6.52. The van der Waals surface area contributed by atoms with Crippen LogP contribution in [0.2, 0.25) is 0 Å². The maximum atomic E-state index is 9.84. The van der Waals surface area contributed by atoms with Gasteiger partial charge in [0.25, 0.3) is 0 Å². The molecule has 0 fully saturated rings. The van der Waals surface area contributed by atoms with Gasteiger partial charge in [-0.05, 0) is 30.7 Å². The van der Waals surface area contributed by atoms with Crippen molar-refractivity contribution in [1.29, 1.82) is 0 Å². The fourth-order valence-corrected chi connectivity index (χ4v) is 2.22. The number of aliphatic hydroxyl groups is 1. The van der Waals surface area contributed by atoms with E-state index in [1.807, 2.05) is 24.3 Å². The molecular formula is C15H24BrNO2. The number of rotatable bonds is 9. The fraction of sp³-hybridized carbons (Fsp3) is 0.600. The van der Waals surface area contributed by atoms with Crippen LogP contribution in [0, 0.1) is 5.92 Å². The van der Waals surface area contributed by atoms with E-state index in [0.29, 0.717) is 19.1 Å². The van der Waals surface area contributed by atoms with Gasteiger partial charge in [0.05, 0.1) is 0 Å². The molecule has 0 saturated heterocycles. The molecule has 0 aliphatic heterocycles. The van der Waals surface area contributed by atoms with Crippen molar-refractivity contribution in [2.24, 2.45) is 5.92 Å². The molecule has 4 heteroatoms. The fourth-order valence-electron chi connectivity index (χ4n) is 1.84. The van der Waals surface area contributed by atoms with Gasteiger partial charge >= 0.3 is 0 Å². The van der Waals surface area contributed by atoms with Crippen molar-refractivity contribution >= 4 is 15.9 Å². The minimum absolute atomic E-state index is 0.312. The maximum absolute atomic E-state index is 9.84. The molecule has 0 aliphatic rings. The van der Waals surface area contributed by atoms with Gasteiger partial charge in [0.15, 0.2) is 0 Å². The third kappa shape index (κ3) is 6.95. The Hall–Kier alpha value is -0.580. The van der Waals surface area contributed by atoms with E-state index in [4.69, 9.17) is 4.74 Å². The van der Waals surface area contributed by atoms with Gasteiger partial charge < -0.3 is 15.2 Å². The Labute approximate surface area is 124 Å². The van der Waals surface area contributed by atoms with E-state index >= 15 is 0 Å². The van der Waals surface area contributed by atoms with Gasteiger partial charge in [-0.2, -0.15) is 0 Å². The normalized spacial score (nSPS) is 12.7. The van der Waals surface area contributed by atoms with Crippen LogP contribution < -0.4 is 10.1 Å². The molecule has 0 saturated carbocycles. The van der Waals surface area contributed by atoms with Gasteiger partial charge in [-0.3, -0.25) is 0 Å². The first-order valence-corrected chi connectivity index (χ1v) is 7.72. The summed E-state index contributed by atoms with van der Waals surface area (Å²) in [7, 11) is 0. The van der Waals surface area contributed by atoms with Crippen LogP contribution in [-0.4, -0.2) is 30.9 Å². The summed E-state index contributed by atoms with van der Waals surface area (Å²) in [4.78, 5) is 0. The second-order valence-corrected chi connectivity index (χ2v) is 5.68. The van der Waals surface area contributed by atoms with E-state index in [-0.39, 0.29) is 0 Å². The molecule has 1 aromatic carbocycles. The van der Waals surface area contributed by atoms with Crippen molar-refractivity contribution in [2.75, 3.05) is 19.7 Å². The largest absolute Gasteiger partial charge is 0.491 e. The standard InChI is InChI=1S/C15H24BrNO2/c1-3-12(4-2)9-17-10-14(18)11-19-15-7-5-6-13(16)8-15/h5-8,12,14,17-18H,3-4,9-11H2,1-2H3. The van der Waals surface area contributed by atoms with Crippen LogP contribution >= 0.6 is 15.9 Å². The lowest BCUT2D eigenvalue weighted by Crippen LogP contribution is -2.34. The Morgan fingerprint density at radius 3 is 2.63 bits per heavy atom. The Morgan fingerprint density at radius 1 is 1.26 bits per heavy atom. The Bertz CT molecular complexity index is 356. The highest BCUT2D eigenvalue weighted by molar-refractivity contribution is 9.10. The van der Waals surface area contributed by atoms with Crippen molar-refractivity contribution in [3.8, 4) is 5.75 Å². The first kappa shape index (κ1) is 16.5. The molecule has 0 bridgehead atoms. The number of benzene rings is 1. The van der Waals surface area contributed by atoms with E-state index in [1.54, 1.807) is 0 Å². The van der Waals surface area contributed by atoms with E-state index in [2.05, 4.69) is 35.1 Å². The van der Waals surface area contributed by atoms with E-state index in [9.17, 15) is 5.11 Å². The van der Waals surface area contributed by atoms with Crippen molar-refractivity contribution in [3.05, 3.63) is 28.7 Å². The number of halogens is 1. The maximum Gasteiger partial charge on any atom is 0.120 e. The highest BCUT2D eigenvalue weighted by Crippen LogP contribution is 2.17. The smallest absolute Gasteiger partial charge is 0.120 e. The second-order valence-electron chi connectivity index (χ2n) is 4.76. The molecule has 0 amide bonds. The summed E-state index contributed by atoms with van der Waals surface area (Å²) >= 11 is 3.39. The monoisotopic (exact) mass is 329 g/mol. The van der Waals surface area contributed by atoms with E-state index < -0.39 is 6.10 Å². The molecule has 19 heavy (non-hydrogen) atoms. The van der Waals surface area contributed by atoms with Crippen LogP contribution in [0.25, 0.3) is 0 Å². The molecular weight excluding hydrogens is 306 g/mol. The predicted octanol–water partition coefficient (Wildman–Crippen LogP) is 3.21. The molecule has 3 nitrogen and oxygen atoms in total. The quantitative estimate of drug-likeness (QED) is 0.730. The first-order valence-electron chi connectivity index (χ1n) is 6.92.